The number of aryl methyl sites for hydroxylation is 1. The molecule has 0 radical (unpaired) electrons. The monoisotopic (exact) mass is 603 g/mol. The summed E-state index contributed by atoms with van der Waals surface area (Å²) >= 11 is 12.6. The van der Waals surface area contributed by atoms with Crippen molar-refractivity contribution in [3.05, 3.63) is 94.0 Å². The Balaban J connectivity index is 2.08. The van der Waals surface area contributed by atoms with E-state index in [1.54, 1.807) is 67.6 Å². The molecule has 10 heteroatoms. The minimum Gasteiger partial charge on any atom is -0.354 e. The normalized spacial score (nSPS) is 12.2. The molecule has 214 valence electrons. The molecule has 0 aliphatic rings. The van der Waals surface area contributed by atoms with Crippen molar-refractivity contribution in [1.29, 1.82) is 0 Å². The van der Waals surface area contributed by atoms with Crippen LogP contribution in [0.4, 0.5) is 5.69 Å². The molecule has 0 bridgehead atoms. The smallest absolute Gasteiger partial charge is 0.264 e. The molecule has 0 saturated heterocycles. The number of anilines is 1. The van der Waals surface area contributed by atoms with Crippen molar-refractivity contribution in [2.45, 2.75) is 51.6 Å². The van der Waals surface area contributed by atoms with Crippen molar-refractivity contribution in [2.24, 2.45) is 5.92 Å². The van der Waals surface area contributed by atoms with E-state index in [1.807, 2.05) is 20.8 Å². The van der Waals surface area contributed by atoms with Crippen molar-refractivity contribution in [2.75, 3.05) is 17.4 Å². The summed E-state index contributed by atoms with van der Waals surface area (Å²) in [6, 6.07) is 19.0. The molecule has 3 rings (SSSR count). The molecule has 0 aromatic heterocycles. The van der Waals surface area contributed by atoms with Crippen LogP contribution in [-0.4, -0.2) is 44.3 Å². The Kier molecular flexibility index (Phi) is 11.0. The quantitative estimate of drug-likeness (QED) is 0.272. The van der Waals surface area contributed by atoms with E-state index in [-0.39, 0.29) is 23.3 Å². The summed E-state index contributed by atoms with van der Waals surface area (Å²) < 4.78 is 28.9. The number of sulfonamides is 1. The first kappa shape index (κ1) is 31.5. The van der Waals surface area contributed by atoms with Crippen LogP contribution in [0.1, 0.15) is 38.3 Å². The lowest BCUT2D eigenvalue weighted by Gasteiger charge is -2.34. The highest BCUT2D eigenvalue weighted by atomic mass is 35.5. The second kappa shape index (κ2) is 14.0. The average molecular weight is 605 g/mol. The van der Waals surface area contributed by atoms with Crippen LogP contribution >= 0.6 is 23.2 Å². The highest BCUT2D eigenvalue weighted by Gasteiger charge is 2.34. The number of hydrogen-bond acceptors (Lipinski definition) is 4. The number of benzene rings is 3. The maximum Gasteiger partial charge on any atom is 0.264 e. The molecule has 3 aromatic carbocycles. The van der Waals surface area contributed by atoms with E-state index in [0.29, 0.717) is 39.8 Å². The van der Waals surface area contributed by atoms with Crippen molar-refractivity contribution >= 4 is 50.7 Å². The fourth-order valence-corrected chi connectivity index (χ4v) is 6.21. The molecule has 0 aliphatic heterocycles. The molecule has 2 amide bonds. The first-order chi connectivity index (χ1) is 18.9. The molecule has 0 aliphatic carbocycles. The Morgan fingerprint density at radius 2 is 1.60 bits per heavy atom. The third-order valence-electron chi connectivity index (χ3n) is 6.41. The third kappa shape index (κ3) is 7.77. The summed E-state index contributed by atoms with van der Waals surface area (Å²) in [5.74, 6) is -0.634. The lowest BCUT2D eigenvalue weighted by Crippen LogP contribution is -2.52. The molecular weight excluding hydrogens is 569 g/mol. The van der Waals surface area contributed by atoms with Crippen LogP contribution < -0.4 is 9.62 Å². The molecule has 0 spiro atoms. The largest absolute Gasteiger partial charge is 0.354 e. The number of halogens is 2. The van der Waals surface area contributed by atoms with Gasteiger partial charge in [-0.2, -0.15) is 0 Å². The van der Waals surface area contributed by atoms with Gasteiger partial charge in [-0.3, -0.25) is 13.9 Å². The van der Waals surface area contributed by atoms with Gasteiger partial charge in [-0.05, 0) is 66.8 Å². The molecule has 1 atom stereocenters. The second-order valence-corrected chi connectivity index (χ2v) is 12.6. The zero-order valence-corrected chi connectivity index (χ0v) is 25.4. The van der Waals surface area contributed by atoms with Crippen LogP contribution in [0.25, 0.3) is 0 Å². The maximum absolute atomic E-state index is 14.1. The van der Waals surface area contributed by atoms with Crippen LogP contribution in [0.5, 0.6) is 0 Å². The van der Waals surface area contributed by atoms with Gasteiger partial charge < -0.3 is 10.2 Å². The number of nitrogens with one attached hydrogen (secondary N) is 1. The fraction of sp³-hybridized carbons (Fsp3) is 0.333. The molecule has 0 saturated carbocycles. The molecule has 1 N–H and O–H groups in total. The van der Waals surface area contributed by atoms with Gasteiger partial charge in [0, 0.05) is 23.1 Å². The van der Waals surface area contributed by atoms with Crippen LogP contribution in [0.15, 0.2) is 77.7 Å². The van der Waals surface area contributed by atoms with Gasteiger partial charge in [0.1, 0.15) is 12.6 Å². The molecular formula is C30H35Cl2N3O4S. The average Bonchev–Trinajstić information content (AvgIpc) is 2.92. The summed E-state index contributed by atoms with van der Waals surface area (Å²) in [6.07, 6.45) is 0.325. The summed E-state index contributed by atoms with van der Waals surface area (Å²) in [5.41, 5.74) is 1.54. The number of amides is 2. The third-order valence-corrected chi connectivity index (χ3v) is 8.78. The molecule has 7 nitrogen and oxygen atoms in total. The lowest BCUT2D eigenvalue weighted by molar-refractivity contribution is -0.140. The Bertz CT molecular complexity index is 1430. The van der Waals surface area contributed by atoms with Gasteiger partial charge in [-0.25, -0.2) is 8.42 Å². The maximum atomic E-state index is 14.1. The van der Waals surface area contributed by atoms with Crippen molar-refractivity contribution < 1.29 is 18.0 Å². The molecule has 0 fully saturated rings. The molecule has 0 heterocycles. The van der Waals surface area contributed by atoms with Crippen molar-refractivity contribution in [1.82, 2.24) is 10.2 Å². The van der Waals surface area contributed by atoms with Gasteiger partial charge in [0.15, 0.2) is 0 Å². The second-order valence-electron chi connectivity index (χ2n) is 9.93. The molecule has 0 unspecified atom stereocenters. The van der Waals surface area contributed by atoms with E-state index >= 15 is 0 Å². The fourth-order valence-electron chi connectivity index (χ4n) is 4.28. The lowest BCUT2D eigenvalue weighted by atomic mass is 10.1. The predicted octanol–water partition coefficient (Wildman–Crippen LogP) is 6.08. The van der Waals surface area contributed by atoms with E-state index in [4.69, 9.17) is 23.2 Å². The van der Waals surface area contributed by atoms with Gasteiger partial charge in [-0.1, -0.05) is 80.4 Å². The van der Waals surface area contributed by atoms with E-state index < -0.39 is 28.5 Å². The zero-order valence-electron chi connectivity index (χ0n) is 23.1. The van der Waals surface area contributed by atoms with E-state index in [1.165, 1.54) is 17.0 Å². The van der Waals surface area contributed by atoms with Crippen LogP contribution in [0, 0.1) is 12.8 Å². The van der Waals surface area contributed by atoms with Crippen LogP contribution in [0.2, 0.25) is 10.0 Å². The number of hydrogen-bond donors (Lipinski definition) is 1. The van der Waals surface area contributed by atoms with E-state index in [9.17, 15) is 18.0 Å². The minimum atomic E-state index is -4.16. The zero-order chi connectivity index (χ0) is 29.4. The van der Waals surface area contributed by atoms with E-state index in [0.717, 1.165) is 4.31 Å². The molecule has 3 aromatic rings. The Labute approximate surface area is 247 Å². The number of nitrogens with zero attached hydrogens (tertiary/aromatic N) is 2. The van der Waals surface area contributed by atoms with Gasteiger partial charge >= 0.3 is 0 Å². The Hall–Kier alpha value is -3.07. The van der Waals surface area contributed by atoms with Crippen molar-refractivity contribution in [3.63, 3.8) is 0 Å². The van der Waals surface area contributed by atoms with Gasteiger partial charge in [0.2, 0.25) is 11.8 Å². The highest BCUT2D eigenvalue weighted by Crippen LogP contribution is 2.30. The Morgan fingerprint density at radius 1 is 0.950 bits per heavy atom. The van der Waals surface area contributed by atoms with Gasteiger partial charge in [0.25, 0.3) is 10.0 Å². The summed E-state index contributed by atoms with van der Waals surface area (Å²) in [7, 11) is -4.16. The number of carbonyl (C=O) groups is 2. The summed E-state index contributed by atoms with van der Waals surface area (Å²) in [4.78, 5) is 28.8. The number of rotatable bonds is 12. The Morgan fingerprint density at radius 3 is 2.20 bits per heavy atom. The SMILES string of the molecule is CC[C@H](C(=O)NCC(C)C)N(Cc1ccccc1Cl)C(=O)CN(c1ccc(Cl)cc1C)S(=O)(=O)c1ccccc1. The summed E-state index contributed by atoms with van der Waals surface area (Å²) in [6.45, 7) is 7.46. The molecule has 40 heavy (non-hydrogen) atoms. The van der Waals surface area contributed by atoms with Gasteiger partial charge in [0.05, 0.1) is 10.6 Å². The summed E-state index contributed by atoms with van der Waals surface area (Å²) in [5, 5.41) is 3.80. The van der Waals surface area contributed by atoms with Crippen LogP contribution in [0.3, 0.4) is 0 Å². The minimum absolute atomic E-state index is 0.0327. The first-order valence-corrected chi connectivity index (χ1v) is 15.3. The standard InChI is InChI=1S/C30H35Cl2N3O4S/c1-5-27(30(37)33-18-21(2)3)34(19-23-11-9-10-14-26(23)32)29(36)20-35(28-16-15-24(31)17-22(28)4)40(38,39)25-12-7-6-8-13-25/h6-17,21,27H,5,18-20H2,1-4H3,(H,33,37)/t27-/m1/s1. The predicted molar refractivity (Wildman–Crippen MR) is 161 cm³/mol. The topological polar surface area (TPSA) is 86.8 Å². The first-order valence-electron chi connectivity index (χ1n) is 13.1. The van der Waals surface area contributed by atoms with Gasteiger partial charge in [-0.15, -0.1) is 0 Å². The van der Waals surface area contributed by atoms with Crippen LogP contribution in [-0.2, 0) is 26.2 Å². The van der Waals surface area contributed by atoms with Crippen molar-refractivity contribution in [3.8, 4) is 0 Å². The number of carbonyl (C=O) groups excluding carboxylic acids is 2. The van der Waals surface area contributed by atoms with E-state index in [2.05, 4.69) is 5.32 Å². The highest BCUT2D eigenvalue weighted by molar-refractivity contribution is 7.92.